The van der Waals surface area contributed by atoms with Crippen LogP contribution < -0.4 is 0 Å². The first-order valence-corrected chi connectivity index (χ1v) is 9.25. The Bertz CT molecular complexity index is 1000. The van der Waals surface area contributed by atoms with Crippen LogP contribution in [0.15, 0.2) is 48.5 Å². The zero-order valence-electron chi connectivity index (χ0n) is 15.4. The van der Waals surface area contributed by atoms with Crippen LogP contribution in [0.1, 0.15) is 36.9 Å². The van der Waals surface area contributed by atoms with Gasteiger partial charge < -0.3 is 4.90 Å². The first kappa shape index (κ1) is 18.5. The summed E-state index contributed by atoms with van der Waals surface area (Å²) in [6.07, 6.45) is -2.71. The van der Waals surface area contributed by atoms with E-state index >= 15 is 0 Å². The molecule has 0 N–H and O–H groups in total. The Balaban J connectivity index is 1.70. The Morgan fingerprint density at radius 3 is 2.29 bits per heavy atom. The zero-order valence-corrected chi connectivity index (χ0v) is 15.4. The van der Waals surface area contributed by atoms with E-state index in [1.807, 2.05) is 29.2 Å². The summed E-state index contributed by atoms with van der Waals surface area (Å²) in [4.78, 5) is 13.4. The summed E-state index contributed by atoms with van der Waals surface area (Å²) in [5, 5.41) is 5.78. The molecule has 4 nitrogen and oxygen atoms in total. The van der Waals surface area contributed by atoms with Crippen molar-refractivity contribution in [1.29, 1.82) is 0 Å². The number of carbonyl (C=O) groups excluding carboxylic acids is 1. The van der Waals surface area contributed by atoms with Gasteiger partial charge in [-0.05, 0) is 43.2 Å². The molecule has 0 radical (unpaired) electrons. The number of halogens is 3. The molecule has 1 aromatic heterocycles. The Morgan fingerprint density at radius 1 is 1.04 bits per heavy atom. The van der Waals surface area contributed by atoms with Gasteiger partial charge in [-0.3, -0.25) is 4.79 Å². The van der Waals surface area contributed by atoms with Crippen LogP contribution in [0.3, 0.4) is 0 Å². The summed E-state index contributed by atoms with van der Waals surface area (Å²) >= 11 is 0. The smallest absolute Gasteiger partial charge is 0.343 e. The molecule has 0 aliphatic carbocycles. The molecule has 1 amide bonds. The van der Waals surface area contributed by atoms with Gasteiger partial charge in [0.25, 0.3) is 0 Å². The summed E-state index contributed by atoms with van der Waals surface area (Å²) in [6.45, 7) is 2.97. The summed E-state index contributed by atoms with van der Waals surface area (Å²) in [7, 11) is 0. The summed E-state index contributed by atoms with van der Waals surface area (Å²) < 4.78 is 40.3. The molecule has 28 heavy (non-hydrogen) atoms. The molecule has 2 heterocycles. The van der Waals surface area contributed by atoms with Crippen molar-refractivity contribution in [1.82, 2.24) is 14.7 Å². The molecule has 0 atom stereocenters. The number of aromatic nitrogens is 2. The fourth-order valence-electron chi connectivity index (χ4n) is 3.85. The maximum absolute atomic E-state index is 12.9. The lowest BCUT2D eigenvalue weighted by Gasteiger charge is -2.30. The zero-order chi connectivity index (χ0) is 19.9. The summed E-state index contributed by atoms with van der Waals surface area (Å²) in [5.74, 6) is 0.301. The van der Waals surface area contributed by atoms with Crippen LogP contribution in [-0.2, 0) is 11.0 Å². The van der Waals surface area contributed by atoms with E-state index in [0.29, 0.717) is 18.8 Å². The molecule has 0 spiro atoms. The molecule has 4 rings (SSSR count). The van der Waals surface area contributed by atoms with Crippen LogP contribution in [-0.4, -0.2) is 33.7 Å². The lowest BCUT2D eigenvalue weighted by atomic mass is 9.91. The highest BCUT2D eigenvalue weighted by Gasteiger charge is 2.30. The van der Waals surface area contributed by atoms with Crippen molar-refractivity contribution in [3.8, 4) is 5.69 Å². The van der Waals surface area contributed by atoms with Crippen LogP contribution >= 0.6 is 0 Å². The number of amides is 1. The lowest BCUT2D eigenvalue weighted by Crippen LogP contribution is -2.36. The van der Waals surface area contributed by atoms with E-state index in [2.05, 4.69) is 0 Å². The molecular formula is C21H20F3N3O. The van der Waals surface area contributed by atoms with E-state index < -0.39 is 11.7 Å². The number of fused-ring (bicyclic) bond motifs is 1. The van der Waals surface area contributed by atoms with Gasteiger partial charge in [-0.25, -0.2) is 4.68 Å². The van der Waals surface area contributed by atoms with Crippen molar-refractivity contribution in [3.63, 3.8) is 0 Å². The van der Waals surface area contributed by atoms with Crippen LogP contribution in [0.5, 0.6) is 0 Å². The molecule has 3 aromatic rings. The van der Waals surface area contributed by atoms with Crippen molar-refractivity contribution < 1.29 is 18.0 Å². The van der Waals surface area contributed by atoms with Gasteiger partial charge in [-0.2, -0.15) is 18.3 Å². The predicted molar refractivity (Wildman–Crippen MR) is 100 cm³/mol. The predicted octanol–water partition coefficient (Wildman–Crippen LogP) is 4.77. The van der Waals surface area contributed by atoms with Crippen LogP contribution in [0.25, 0.3) is 16.6 Å². The minimum absolute atomic E-state index is 0.0820. The van der Waals surface area contributed by atoms with Gasteiger partial charge in [-0.15, -0.1) is 0 Å². The Hall–Kier alpha value is -2.83. The molecule has 1 saturated heterocycles. The number of alkyl halides is 3. The van der Waals surface area contributed by atoms with Crippen molar-refractivity contribution >= 4 is 16.8 Å². The number of piperidine rings is 1. The largest absolute Gasteiger partial charge is 0.416 e. The molecule has 2 aromatic carbocycles. The first-order chi connectivity index (χ1) is 13.3. The van der Waals surface area contributed by atoms with E-state index in [1.54, 1.807) is 11.6 Å². The van der Waals surface area contributed by atoms with Gasteiger partial charge >= 0.3 is 6.18 Å². The second-order valence-corrected chi connectivity index (χ2v) is 7.14. The maximum Gasteiger partial charge on any atom is 0.416 e. The average molecular weight is 387 g/mol. The number of nitrogens with zero attached hydrogens (tertiary/aromatic N) is 3. The number of hydrogen-bond acceptors (Lipinski definition) is 2. The number of benzene rings is 2. The minimum Gasteiger partial charge on any atom is -0.343 e. The monoisotopic (exact) mass is 387 g/mol. The second-order valence-electron chi connectivity index (χ2n) is 7.14. The van der Waals surface area contributed by atoms with Crippen LogP contribution in [0.2, 0.25) is 0 Å². The SMILES string of the molecule is CC(=O)N1CCC(c2nn(-c3ccc(C(F)(F)F)cc3)c3ccccc23)CC1. The van der Waals surface area contributed by atoms with Crippen molar-refractivity contribution in [2.45, 2.75) is 31.9 Å². The van der Waals surface area contributed by atoms with Crippen molar-refractivity contribution in [2.24, 2.45) is 0 Å². The van der Waals surface area contributed by atoms with Gasteiger partial charge in [0.2, 0.25) is 5.91 Å². The molecule has 7 heteroatoms. The normalized spacial score (nSPS) is 15.9. The molecule has 0 saturated carbocycles. The third-order valence-electron chi connectivity index (χ3n) is 5.38. The molecule has 146 valence electrons. The van der Waals surface area contributed by atoms with Crippen molar-refractivity contribution in [2.75, 3.05) is 13.1 Å². The molecule has 1 aliphatic rings. The van der Waals surface area contributed by atoms with E-state index in [9.17, 15) is 18.0 Å². The highest BCUT2D eigenvalue weighted by atomic mass is 19.4. The standard InChI is InChI=1S/C21H20F3N3O/c1-14(28)26-12-10-15(11-13-26)20-18-4-2-3-5-19(18)27(25-20)17-8-6-16(7-9-17)21(22,23)24/h2-9,15H,10-13H2,1H3. The van der Waals surface area contributed by atoms with Crippen molar-refractivity contribution in [3.05, 3.63) is 59.8 Å². The van der Waals surface area contributed by atoms with E-state index in [4.69, 9.17) is 5.10 Å². The van der Waals surface area contributed by atoms with Gasteiger partial charge in [-0.1, -0.05) is 18.2 Å². The minimum atomic E-state index is -4.36. The molecule has 0 unspecified atom stereocenters. The fraction of sp³-hybridized carbons (Fsp3) is 0.333. The van der Waals surface area contributed by atoms with E-state index in [1.165, 1.54) is 12.1 Å². The molecule has 1 fully saturated rings. The lowest BCUT2D eigenvalue weighted by molar-refractivity contribution is -0.137. The van der Waals surface area contributed by atoms with E-state index in [0.717, 1.165) is 41.6 Å². The Kier molecular flexibility index (Phi) is 4.61. The van der Waals surface area contributed by atoms with Gasteiger partial charge in [0.05, 0.1) is 22.5 Å². The molecular weight excluding hydrogens is 367 g/mol. The van der Waals surface area contributed by atoms with Gasteiger partial charge in [0.15, 0.2) is 0 Å². The number of likely N-dealkylation sites (tertiary alicyclic amines) is 1. The first-order valence-electron chi connectivity index (χ1n) is 9.25. The van der Waals surface area contributed by atoms with Crippen LogP contribution in [0, 0.1) is 0 Å². The highest BCUT2D eigenvalue weighted by Crippen LogP contribution is 2.34. The average Bonchev–Trinajstić information content (AvgIpc) is 3.07. The quantitative estimate of drug-likeness (QED) is 0.635. The Labute approximate surface area is 160 Å². The second kappa shape index (κ2) is 6.96. The van der Waals surface area contributed by atoms with Gasteiger partial charge in [0, 0.05) is 31.3 Å². The Morgan fingerprint density at radius 2 is 1.68 bits per heavy atom. The number of hydrogen-bond donors (Lipinski definition) is 0. The number of carbonyl (C=O) groups is 1. The summed E-state index contributed by atoms with van der Waals surface area (Å²) in [5.41, 5.74) is 1.73. The third-order valence-corrected chi connectivity index (χ3v) is 5.38. The number of rotatable bonds is 2. The summed E-state index contributed by atoms with van der Waals surface area (Å²) in [6, 6.07) is 12.8. The van der Waals surface area contributed by atoms with E-state index in [-0.39, 0.29) is 11.8 Å². The topological polar surface area (TPSA) is 38.1 Å². The maximum atomic E-state index is 12.9. The number of para-hydroxylation sites is 1. The van der Waals surface area contributed by atoms with Crippen LogP contribution in [0.4, 0.5) is 13.2 Å². The molecule has 0 bridgehead atoms. The van der Waals surface area contributed by atoms with Gasteiger partial charge in [0.1, 0.15) is 0 Å². The third kappa shape index (κ3) is 3.37. The molecule has 1 aliphatic heterocycles. The fourth-order valence-corrected chi connectivity index (χ4v) is 3.85. The highest BCUT2D eigenvalue weighted by molar-refractivity contribution is 5.84.